The lowest BCUT2D eigenvalue weighted by Crippen LogP contribution is -2.53. The fourth-order valence-corrected chi connectivity index (χ4v) is 2.28. The van der Waals surface area contributed by atoms with Crippen LogP contribution in [0.3, 0.4) is 0 Å². The Morgan fingerprint density at radius 1 is 1.53 bits per heavy atom. The topological polar surface area (TPSA) is 79.4 Å². The summed E-state index contributed by atoms with van der Waals surface area (Å²) in [7, 11) is 0. The number of nitro groups is 1. The zero-order valence-corrected chi connectivity index (χ0v) is 10.9. The van der Waals surface area contributed by atoms with E-state index in [1.165, 1.54) is 6.07 Å². The molecule has 6 nitrogen and oxygen atoms in total. The molecule has 1 aromatic rings. The van der Waals surface area contributed by atoms with Gasteiger partial charge in [-0.3, -0.25) is 10.1 Å². The third kappa shape index (κ3) is 2.51. The van der Waals surface area contributed by atoms with Crippen LogP contribution in [-0.4, -0.2) is 30.2 Å². The van der Waals surface area contributed by atoms with E-state index in [4.69, 9.17) is 10.00 Å². The van der Waals surface area contributed by atoms with Crippen molar-refractivity contribution in [2.75, 3.05) is 24.7 Å². The first-order valence-electron chi connectivity index (χ1n) is 5.99. The van der Waals surface area contributed by atoms with Gasteiger partial charge in [-0.2, -0.15) is 5.26 Å². The van der Waals surface area contributed by atoms with Gasteiger partial charge in [0.25, 0.3) is 5.69 Å². The van der Waals surface area contributed by atoms with E-state index in [9.17, 15) is 10.1 Å². The number of rotatable bonds is 2. The first-order valence-corrected chi connectivity index (χ1v) is 5.99. The number of anilines is 1. The molecular weight excluding hydrogens is 246 g/mol. The maximum absolute atomic E-state index is 10.8. The summed E-state index contributed by atoms with van der Waals surface area (Å²) in [5, 5.41) is 19.8. The molecule has 0 aromatic heterocycles. The number of morpholine rings is 1. The van der Waals surface area contributed by atoms with E-state index < -0.39 is 4.92 Å². The summed E-state index contributed by atoms with van der Waals surface area (Å²) in [4.78, 5) is 12.4. The third-order valence-electron chi connectivity index (χ3n) is 3.25. The Morgan fingerprint density at radius 3 is 2.84 bits per heavy atom. The number of ether oxygens (including phenoxy) is 1. The van der Waals surface area contributed by atoms with Crippen LogP contribution in [0.1, 0.15) is 19.4 Å². The molecule has 0 atom stereocenters. The van der Waals surface area contributed by atoms with Gasteiger partial charge in [-0.05, 0) is 26.0 Å². The third-order valence-corrected chi connectivity index (χ3v) is 3.25. The van der Waals surface area contributed by atoms with Crippen molar-refractivity contribution in [1.82, 2.24) is 0 Å². The molecule has 0 unspecified atom stereocenters. The minimum absolute atomic E-state index is 0.0878. The highest BCUT2D eigenvalue weighted by Crippen LogP contribution is 2.30. The van der Waals surface area contributed by atoms with Gasteiger partial charge in [0.1, 0.15) is 11.6 Å². The van der Waals surface area contributed by atoms with Gasteiger partial charge in [0.15, 0.2) is 0 Å². The zero-order valence-electron chi connectivity index (χ0n) is 10.9. The Bertz CT molecular complexity index is 549. The molecule has 6 heteroatoms. The molecule has 2 rings (SSSR count). The average molecular weight is 261 g/mol. The van der Waals surface area contributed by atoms with E-state index >= 15 is 0 Å². The van der Waals surface area contributed by atoms with Crippen LogP contribution in [0.4, 0.5) is 11.4 Å². The number of hydrogen-bond acceptors (Lipinski definition) is 5. The summed E-state index contributed by atoms with van der Waals surface area (Å²) in [5.74, 6) is 0. The lowest BCUT2D eigenvalue weighted by atomic mass is 10.0. The molecule has 0 amide bonds. The van der Waals surface area contributed by atoms with Crippen LogP contribution in [0.15, 0.2) is 18.2 Å². The molecule has 1 aliphatic heterocycles. The fourth-order valence-electron chi connectivity index (χ4n) is 2.28. The van der Waals surface area contributed by atoms with Gasteiger partial charge in [0.2, 0.25) is 0 Å². The Hall–Kier alpha value is -2.13. The Morgan fingerprint density at radius 2 is 2.26 bits per heavy atom. The monoisotopic (exact) mass is 261 g/mol. The highest BCUT2D eigenvalue weighted by Gasteiger charge is 2.31. The highest BCUT2D eigenvalue weighted by atomic mass is 16.6. The molecule has 1 saturated heterocycles. The Balaban J connectivity index is 2.41. The SMILES string of the molecule is CC1(C)COCCN1c1ccc([N+](=O)[O-])c(C#N)c1. The molecule has 0 saturated carbocycles. The average Bonchev–Trinajstić information content (AvgIpc) is 2.37. The number of benzene rings is 1. The van der Waals surface area contributed by atoms with Gasteiger partial charge in [-0.25, -0.2) is 0 Å². The van der Waals surface area contributed by atoms with Crippen molar-refractivity contribution in [1.29, 1.82) is 5.26 Å². The molecule has 1 aliphatic rings. The zero-order chi connectivity index (χ0) is 14.0. The summed E-state index contributed by atoms with van der Waals surface area (Å²) in [6.07, 6.45) is 0. The van der Waals surface area contributed by atoms with Crippen LogP contribution in [0.5, 0.6) is 0 Å². The van der Waals surface area contributed by atoms with Crippen molar-refractivity contribution in [3.8, 4) is 6.07 Å². The number of hydrogen-bond donors (Lipinski definition) is 0. The summed E-state index contributed by atoms with van der Waals surface area (Å²) >= 11 is 0. The molecule has 0 aliphatic carbocycles. The number of nitrogens with zero attached hydrogens (tertiary/aromatic N) is 3. The summed E-state index contributed by atoms with van der Waals surface area (Å²) in [6.45, 7) is 5.99. The summed E-state index contributed by atoms with van der Waals surface area (Å²) < 4.78 is 5.44. The molecule has 1 aromatic carbocycles. The summed E-state index contributed by atoms with van der Waals surface area (Å²) in [5.41, 5.74) is 0.554. The van der Waals surface area contributed by atoms with Crippen LogP contribution in [-0.2, 0) is 4.74 Å². The van der Waals surface area contributed by atoms with E-state index in [2.05, 4.69) is 4.90 Å². The Kier molecular flexibility index (Phi) is 3.40. The maximum atomic E-state index is 10.8. The molecular formula is C13H15N3O3. The second-order valence-corrected chi connectivity index (χ2v) is 5.09. The molecule has 0 N–H and O–H groups in total. The Labute approximate surface area is 111 Å². The van der Waals surface area contributed by atoms with E-state index in [1.807, 2.05) is 19.9 Å². The first-order chi connectivity index (χ1) is 8.95. The molecule has 19 heavy (non-hydrogen) atoms. The van der Waals surface area contributed by atoms with E-state index in [0.29, 0.717) is 19.8 Å². The van der Waals surface area contributed by atoms with Crippen molar-refractivity contribution in [3.05, 3.63) is 33.9 Å². The second-order valence-electron chi connectivity index (χ2n) is 5.09. The smallest absolute Gasteiger partial charge is 0.287 e. The van der Waals surface area contributed by atoms with Crippen molar-refractivity contribution in [2.45, 2.75) is 19.4 Å². The predicted octanol–water partition coefficient (Wildman–Crippen LogP) is 2.08. The van der Waals surface area contributed by atoms with Crippen LogP contribution in [0.2, 0.25) is 0 Å². The van der Waals surface area contributed by atoms with E-state index in [1.54, 1.807) is 12.1 Å². The van der Waals surface area contributed by atoms with Gasteiger partial charge in [-0.1, -0.05) is 0 Å². The van der Waals surface area contributed by atoms with E-state index in [0.717, 1.165) is 5.69 Å². The molecule has 1 fully saturated rings. The quantitative estimate of drug-likeness (QED) is 0.601. The minimum Gasteiger partial charge on any atom is -0.377 e. The summed E-state index contributed by atoms with van der Waals surface area (Å²) in [6, 6.07) is 6.53. The van der Waals surface area contributed by atoms with Crippen LogP contribution >= 0.6 is 0 Å². The first kappa shape index (κ1) is 13.3. The largest absolute Gasteiger partial charge is 0.377 e. The molecule has 0 bridgehead atoms. The lowest BCUT2D eigenvalue weighted by molar-refractivity contribution is -0.385. The molecule has 1 heterocycles. The van der Waals surface area contributed by atoms with Gasteiger partial charge in [-0.15, -0.1) is 0 Å². The van der Waals surface area contributed by atoms with Crippen molar-refractivity contribution < 1.29 is 9.66 Å². The van der Waals surface area contributed by atoms with Gasteiger partial charge in [0.05, 0.1) is 23.7 Å². The normalized spacial score (nSPS) is 17.8. The van der Waals surface area contributed by atoms with E-state index in [-0.39, 0.29) is 16.8 Å². The second kappa shape index (κ2) is 4.86. The van der Waals surface area contributed by atoms with Crippen LogP contribution in [0.25, 0.3) is 0 Å². The van der Waals surface area contributed by atoms with Gasteiger partial charge < -0.3 is 9.64 Å². The van der Waals surface area contributed by atoms with Crippen LogP contribution < -0.4 is 4.90 Å². The lowest BCUT2D eigenvalue weighted by Gasteiger charge is -2.43. The fraction of sp³-hybridized carbons (Fsp3) is 0.462. The molecule has 100 valence electrons. The number of nitro benzene ring substituents is 1. The van der Waals surface area contributed by atoms with Gasteiger partial charge in [0, 0.05) is 18.3 Å². The van der Waals surface area contributed by atoms with Gasteiger partial charge >= 0.3 is 0 Å². The predicted molar refractivity (Wildman–Crippen MR) is 70.1 cm³/mol. The van der Waals surface area contributed by atoms with Crippen molar-refractivity contribution >= 4 is 11.4 Å². The number of nitriles is 1. The molecule has 0 radical (unpaired) electrons. The maximum Gasteiger partial charge on any atom is 0.287 e. The minimum atomic E-state index is -0.535. The standard InChI is InChI=1S/C13H15N3O3/c1-13(2)9-19-6-5-15(13)11-3-4-12(16(17)18)10(7-11)8-14/h3-4,7H,5-6,9H2,1-2H3. The van der Waals surface area contributed by atoms with Crippen LogP contribution in [0, 0.1) is 21.4 Å². The molecule has 0 spiro atoms. The van der Waals surface area contributed by atoms with Crippen molar-refractivity contribution in [2.24, 2.45) is 0 Å². The van der Waals surface area contributed by atoms with Crippen molar-refractivity contribution in [3.63, 3.8) is 0 Å². The highest BCUT2D eigenvalue weighted by molar-refractivity contribution is 5.61.